The van der Waals surface area contributed by atoms with Crippen LogP contribution in [0.5, 0.6) is 0 Å². The van der Waals surface area contributed by atoms with Gasteiger partial charge in [0.15, 0.2) is 0 Å². The second-order valence-corrected chi connectivity index (χ2v) is 8.32. The van der Waals surface area contributed by atoms with Crippen molar-refractivity contribution < 1.29 is 4.79 Å². The van der Waals surface area contributed by atoms with Crippen LogP contribution in [-0.4, -0.2) is 20.9 Å². The zero-order valence-electron chi connectivity index (χ0n) is 15.5. The number of aryl methyl sites for hydroxylation is 1. The fourth-order valence-corrected chi connectivity index (χ4v) is 4.76. The van der Waals surface area contributed by atoms with E-state index in [4.69, 9.17) is 0 Å². The number of carbonyl (C=O) groups excluding carboxylic acids is 1. The van der Waals surface area contributed by atoms with E-state index in [1.165, 1.54) is 17.7 Å². The van der Waals surface area contributed by atoms with Crippen molar-refractivity contribution >= 4 is 44.6 Å². The van der Waals surface area contributed by atoms with Crippen LogP contribution < -0.4 is 10.6 Å². The minimum atomic E-state index is -0.0860. The van der Waals surface area contributed by atoms with Crippen molar-refractivity contribution in [3.05, 3.63) is 69.2 Å². The molecule has 0 aliphatic carbocycles. The Morgan fingerprint density at radius 2 is 2.07 bits per heavy atom. The van der Waals surface area contributed by atoms with Crippen molar-refractivity contribution in [2.24, 2.45) is 0 Å². The van der Waals surface area contributed by atoms with E-state index in [0.29, 0.717) is 11.4 Å². The SMILES string of the molecule is Cc1c(C(=O)N[C@H](C)c2cccs2)sc2ncnc(NCc3ccccn3)c12. The topological polar surface area (TPSA) is 79.8 Å². The Morgan fingerprint density at radius 3 is 2.82 bits per heavy atom. The van der Waals surface area contributed by atoms with E-state index in [1.807, 2.05) is 49.6 Å². The summed E-state index contributed by atoms with van der Waals surface area (Å²) in [5, 5.41) is 9.30. The first-order valence-electron chi connectivity index (χ1n) is 8.85. The van der Waals surface area contributed by atoms with Gasteiger partial charge in [0.05, 0.1) is 28.5 Å². The average Bonchev–Trinajstić information content (AvgIpc) is 3.36. The van der Waals surface area contributed by atoms with E-state index in [2.05, 4.69) is 25.6 Å². The van der Waals surface area contributed by atoms with Gasteiger partial charge in [-0.05, 0) is 43.0 Å². The van der Waals surface area contributed by atoms with Crippen LogP contribution in [0.3, 0.4) is 0 Å². The Labute approximate surface area is 170 Å². The highest BCUT2D eigenvalue weighted by Gasteiger charge is 2.21. The lowest BCUT2D eigenvalue weighted by Crippen LogP contribution is -2.25. The predicted molar refractivity (Wildman–Crippen MR) is 114 cm³/mol. The maximum absolute atomic E-state index is 12.9. The molecule has 8 heteroatoms. The van der Waals surface area contributed by atoms with Gasteiger partial charge in [0.1, 0.15) is 17.0 Å². The molecule has 0 saturated heterocycles. The van der Waals surface area contributed by atoms with Crippen LogP contribution in [0, 0.1) is 6.92 Å². The quantitative estimate of drug-likeness (QED) is 0.488. The molecule has 0 aliphatic rings. The summed E-state index contributed by atoms with van der Waals surface area (Å²) in [5.41, 5.74) is 1.81. The minimum Gasteiger partial charge on any atom is -0.364 e. The molecule has 1 amide bonds. The number of anilines is 1. The fraction of sp³-hybridized carbons (Fsp3) is 0.200. The molecule has 0 saturated carbocycles. The monoisotopic (exact) mass is 409 g/mol. The van der Waals surface area contributed by atoms with Gasteiger partial charge in [-0.3, -0.25) is 9.78 Å². The van der Waals surface area contributed by atoms with Crippen LogP contribution in [-0.2, 0) is 6.54 Å². The van der Waals surface area contributed by atoms with Crippen molar-refractivity contribution in [3.63, 3.8) is 0 Å². The van der Waals surface area contributed by atoms with Gasteiger partial charge in [-0.15, -0.1) is 22.7 Å². The van der Waals surface area contributed by atoms with Crippen LogP contribution in [0.15, 0.2) is 48.2 Å². The van der Waals surface area contributed by atoms with Crippen LogP contribution in [0.1, 0.15) is 38.8 Å². The molecule has 28 heavy (non-hydrogen) atoms. The maximum atomic E-state index is 12.9. The first-order chi connectivity index (χ1) is 13.6. The van der Waals surface area contributed by atoms with Crippen molar-refractivity contribution in [2.45, 2.75) is 26.4 Å². The van der Waals surface area contributed by atoms with Gasteiger partial charge >= 0.3 is 0 Å². The summed E-state index contributed by atoms with van der Waals surface area (Å²) in [6.07, 6.45) is 3.29. The van der Waals surface area contributed by atoms with Crippen molar-refractivity contribution in [1.82, 2.24) is 20.3 Å². The van der Waals surface area contributed by atoms with Gasteiger partial charge in [0.25, 0.3) is 5.91 Å². The summed E-state index contributed by atoms with van der Waals surface area (Å²) in [6, 6.07) is 9.77. The normalized spacial score (nSPS) is 12.1. The molecule has 6 nitrogen and oxygen atoms in total. The molecule has 0 spiro atoms. The van der Waals surface area contributed by atoms with Gasteiger partial charge in [-0.25, -0.2) is 9.97 Å². The number of carbonyl (C=O) groups is 1. The van der Waals surface area contributed by atoms with E-state index in [0.717, 1.165) is 32.2 Å². The number of aromatic nitrogens is 3. The third-order valence-electron chi connectivity index (χ3n) is 4.41. The number of pyridine rings is 1. The van der Waals surface area contributed by atoms with Crippen molar-refractivity contribution in [1.29, 1.82) is 0 Å². The number of hydrogen-bond donors (Lipinski definition) is 2. The molecule has 2 N–H and O–H groups in total. The van der Waals surface area contributed by atoms with Crippen LogP contribution in [0.2, 0.25) is 0 Å². The summed E-state index contributed by atoms with van der Waals surface area (Å²) in [7, 11) is 0. The van der Waals surface area contributed by atoms with Gasteiger partial charge in [-0.1, -0.05) is 12.1 Å². The van der Waals surface area contributed by atoms with Crippen LogP contribution in [0.25, 0.3) is 10.2 Å². The lowest BCUT2D eigenvalue weighted by Gasteiger charge is -2.11. The molecule has 4 rings (SSSR count). The number of thiophene rings is 2. The van der Waals surface area contributed by atoms with E-state index in [9.17, 15) is 4.79 Å². The highest BCUT2D eigenvalue weighted by atomic mass is 32.1. The van der Waals surface area contributed by atoms with Gasteiger partial charge < -0.3 is 10.6 Å². The van der Waals surface area contributed by atoms with E-state index >= 15 is 0 Å². The summed E-state index contributed by atoms with van der Waals surface area (Å²) in [6.45, 7) is 4.49. The number of fused-ring (bicyclic) bond motifs is 1. The third-order valence-corrected chi connectivity index (χ3v) is 6.67. The van der Waals surface area contributed by atoms with E-state index < -0.39 is 0 Å². The second-order valence-electron chi connectivity index (χ2n) is 6.34. The lowest BCUT2D eigenvalue weighted by atomic mass is 10.2. The largest absolute Gasteiger partial charge is 0.364 e. The Morgan fingerprint density at radius 1 is 1.18 bits per heavy atom. The zero-order chi connectivity index (χ0) is 19.5. The molecule has 0 unspecified atom stereocenters. The Hall–Kier alpha value is -2.84. The van der Waals surface area contributed by atoms with Crippen molar-refractivity contribution in [2.75, 3.05) is 5.32 Å². The number of nitrogens with one attached hydrogen (secondary N) is 2. The molecule has 142 valence electrons. The third kappa shape index (κ3) is 3.74. The van der Waals surface area contributed by atoms with E-state index in [-0.39, 0.29) is 11.9 Å². The molecule has 4 aromatic heterocycles. The minimum absolute atomic E-state index is 0.0371. The highest BCUT2D eigenvalue weighted by molar-refractivity contribution is 7.20. The maximum Gasteiger partial charge on any atom is 0.262 e. The van der Waals surface area contributed by atoms with Gasteiger partial charge in [-0.2, -0.15) is 0 Å². The molecular weight excluding hydrogens is 390 g/mol. The standard InChI is InChI=1S/C20H19N5OS2/c1-12-16-18(22-10-14-6-3-4-8-21-14)23-11-24-20(16)28-17(12)19(26)25-13(2)15-7-5-9-27-15/h3-9,11,13H,10H2,1-2H3,(H,25,26)(H,22,23,24)/t13-/m1/s1. The molecule has 0 fully saturated rings. The Kier molecular flexibility index (Phi) is 5.31. The van der Waals surface area contributed by atoms with Gasteiger partial charge in [0, 0.05) is 11.1 Å². The first kappa shape index (κ1) is 18.5. The average molecular weight is 410 g/mol. The first-order valence-corrected chi connectivity index (χ1v) is 10.5. The molecule has 4 aromatic rings. The van der Waals surface area contributed by atoms with Crippen LogP contribution in [0.4, 0.5) is 5.82 Å². The number of amides is 1. The number of nitrogens with zero attached hydrogens (tertiary/aromatic N) is 3. The molecule has 0 aromatic carbocycles. The lowest BCUT2D eigenvalue weighted by molar-refractivity contribution is 0.0944. The number of rotatable bonds is 6. The summed E-state index contributed by atoms with van der Waals surface area (Å²) in [4.78, 5) is 28.5. The molecule has 1 atom stereocenters. The van der Waals surface area contributed by atoms with Crippen molar-refractivity contribution in [3.8, 4) is 0 Å². The number of hydrogen-bond acceptors (Lipinski definition) is 7. The summed E-state index contributed by atoms with van der Waals surface area (Å²) >= 11 is 3.03. The Bertz CT molecular complexity index is 1090. The van der Waals surface area contributed by atoms with Crippen LogP contribution >= 0.6 is 22.7 Å². The fourth-order valence-electron chi connectivity index (χ4n) is 2.97. The smallest absolute Gasteiger partial charge is 0.262 e. The van der Waals surface area contributed by atoms with E-state index in [1.54, 1.807) is 17.5 Å². The zero-order valence-corrected chi connectivity index (χ0v) is 17.1. The molecule has 0 aliphatic heterocycles. The summed E-state index contributed by atoms with van der Waals surface area (Å²) < 4.78 is 0. The molecule has 0 bridgehead atoms. The second kappa shape index (κ2) is 8.04. The van der Waals surface area contributed by atoms with Gasteiger partial charge in [0.2, 0.25) is 0 Å². The highest BCUT2D eigenvalue weighted by Crippen LogP contribution is 2.33. The predicted octanol–water partition coefficient (Wildman–Crippen LogP) is 4.56. The molecule has 0 radical (unpaired) electrons. The molecular formula is C20H19N5OS2. The Balaban J connectivity index is 1.58. The summed E-state index contributed by atoms with van der Waals surface area (Å²) in [5.74, 6) is 0.631. The molecule has 4 heterocycles.